The van der Waals surface area contributed by atoms with Crippen LogP contribution in [0.4, 0.5) is 13.6 Å². The topological polar surface area (TPSA) is 54.7 Å². The highest BCUT2D eigenvalue weighted by Gasteiger charge is 2.12. The van der Waals surface area contributed by atoms with Crippen LogP contribution < -0.4 is 10.1 Å². The van der Waals surface area contributed by atoms with Crippen molar-refractivity contribution in [3.05, 3.63) is 54.0 Å². The fourth-order valence-corrected chi connectivity index (χ4v) is 2.01. The van der Waals surface area contributed by atoms with E-state index >= 15 is 0 Å². The molecule has 0 aliphatic rings. The molecule has 1 N–H and O–H groups in total. The van der Waals surface area contributed by atoms with E-state index in [1.165, 1.54) is 12.1 Å². The van der Waals surface area contributed by atoms with Gasteiger partial charge in [0.1, 0.15) is 5.75 Å². The lowest BCUT2D eigenvalue weighted by atomic mass is 10.2. The molecule has 0 aliphatic carbocycles. The molecule has 0 unspecified atom stereocenters. The summed E-state index contributed by atoms with van der Waals surface area (Å²) in [5, 5.41) is 2.79. The van der Waals surface area contributed by atoms with Crippen LogP contribution in [-0.2, 0) is 13.1 Å². The van der Waals surface area contributed by atoms with Crippen molar-refractivity contribution < 1.29 is 22.7 Å². The van der Waals surface area contributed by atoms with Gasteiger partial charge in [-0.3, -0.25) is 0 Å². The molecule has 2 rings (SSSR count). The predicted octanol–water partition coefficient (Wildman–Crippen LogP) is 3.61. The molecule has 2 aromatic rings. The number of carbonyl (C=O) groups is 1. The van der Waals surface area contributed by atoms with Crippen LogP contribution in [0.5, 0.6) is 5.75 Å². The number of furan rings is 1. The second-order valence-corrected chi connectivity index (χ2v) is 4.83. The number of benzene rings is 1. The Hall–Kier alpha value is -2.57. The van der Waals surface area contributed by atoms with Gasteiger partial charge in [-0.2, -0.15) is 8.78 Å². The maximum Gasteiger partial charge on any atom is 0.387 e. The molecule has 2 amide bonds. The van der Waals surface area contributed by atoms with E-state index in [-0.39, 0.29) is 11.8 Å². The van der Waals surface area contributed by atoms with Gasteiger partial charge in [-0.1, -0.05) is 12.1 Å². The Morgan fingerprint density at radius 3 is 2.57 bits per heavy atom. The van der Waals surface area contributed by atoms with Gasteiger partial charge >= 0.3 is 12.6 Å². The van der Waals surface area contributed by atoms with Crippen molar-refractivity contribution >= 4 is 6.03 Å². The molecule has 1 aromatic carbocycles. The summed E-state index contributed by atoms with van der Waals surface area (Å²) < 4.78 is 33.4. The molecule has 1 aromatic heterocycles. The fourth-order valence-electron chi connectivity index (χ4n) is 2.01. The Morgan fingerprint density at radius 1 is 1.26 bits per heavy atom. The number of hydrogen-bond donors (Lipinski definition) is 1. The second-order valence-electron chi connectivity index (χ2n) is 4.83. The molecule has 7 heteroatoms. The van der Waals surface area contributed by atoms with Crippen molar-refractivity contribution in [1.82, 2.24) is 10.2 Å². The molecular weight excluding hydrogens is 306 g/mol. The molecular formula is C16H18F2N2O3. The SMILES string of the molecule is CCN(Cc1ccoc1)C(=O)NCc1ccc(OC(F)F)cc1. The number of nitrogens with zero attached hydrogens (tertiary/aromatic N) is 1. The van der Waals surface area contributed by atoms with E-state index in [1.807, 2.05) is 6.92 Å². The van der Waals surface area contributed by atoms with Crippen molar-refractivity contribution in [1.29, 1.82) is 0 Å². The van der Waals surface area contributed by atoms with Crippen LogP contribution in [0, 0.1) is 0 Å². The van der Waals surface area contributed by atoms with Crippen molar-refractivity contribution in [3.8, 4) is 5.75 Å². The molecule has 23 heavy (non-hydrogen) atoms. The zero-order chi connectivity index (χ0) is 16.7. The van der Waals surface area contributed by atoms with E-state index in [1.54, 1.807) is 35.6 Å². The van der Waals surface area contributed by atoms with Crippen LogP contribution in [-0.4, -0.2) is 24.1 Å². The highest BCUT2D eigenvalue weighted by molar-refractivity contribution is 5.74. The first-order chi connectivity index (χ1) is 11.1. The molecule has 0 bridgehead atoms. The quantitative estimate of drug-likeness (QED) is 0.846. The summed E-state index contributed by atoms with van der Waals surface area (Å²) in [6.45, 7) is 0.353. The molecule has 124 valence electrons. The summed E-state index contributed by atoms with van der Waals surface area (Å²) in [7, 11) is 0. The third-order valence-electron chi connectivity index (χ3n) is 3.21. The van der Waals surface area contributed by atoms with Crippen molar-refractivity contribution in [2.24, 2.45) is 0 Å². The highest BCUT2D eigenvalue weighted by atomic mass is 19.3. The van der Waals surface area contributed by atoms with Crippen LogP contribution in [0.25, 0.3) is 0 Å². The third-order valence-corrected chi connectivity index (χ3v) is 3.21. The predicted molar refractivity (Wildman–Crippen MR) is 80.1 cm³/mol. The summed E-state index contributed by atoms with van der Waals surface area (Å²) in [5.41, 5.74) is 1.70. The van der Waals surface area contributed by atoms with Gasteiger partial charge in [-0.25, -0.2) is 4.79 Å². The second kappa shape index (κ2) is 8.17. The van der Waals surface area contributed by atoms with Gasteiger partial charge in [0.2, 0.25) is 0 Å². The summed E-state index contributed by atoms with van der Waals surface area (Å²) in [4.78, 5) is 13.8. The number of rotatable bonds is 7. The number of carbonyl (C=O) groups excluding carboxylic acids is 1. The van der Waals surface area contributed by atoms with E-state index in [9.17, 15) is 13.6 Å². The lowest BCUT2D eigenvalue weighted by Crippen LogP contribution is -2.38. The maximum atomic E-state index is 12.1. The lowest BCUT2D eigenvalue weighted by molar-refractivity contribution is -0.0498. The standard InChI is InChI=1S/C16H18F2N2O3/c1-2-20(10-13-7-8-22-11-13)16(21)19-9-12-3-5-14(6-4-12)23-15(17)18/h3-8,11,15H,2,9-10H2,1H3,(H,19,21). The van der Waals surface area contributed by atoms with Crippen molar-refractivity contribution in [2.75, 3.05) is 6.54 Å². The molecule has 1 heterocycles. The molecule has 0 radical (unpaired) electrons. The molecule has 0 saturated heterocycles. The number of nitrogens with one attached hydrogen (secondary N) is 1. The van der Waals surface area contributed by atoms with Gasteiger partial charge < -0.3 is 19.4 Å². The monoisotopic (exact) mass is 324 g/mol. The minimum absolute atomic E-state index is 0.0882. The fraction of sp³-hybridized carbons (Fsp3) is 0.312. The van der Waals surface area contributed by atoms with Crippen LogP contribution >= 0.6 is 0 Å². The summed E-state index contributed by atoms with van der Waals surface area (Å²) in [5.74, 6) is 0.0882. The largest absolute Gasteiger partial charge is 0.472 e. The van der Waals surface area contributed by atoms with E-state index in [0.29, 0.717) is 19.6 Å². The first-order valence-corrected chi connectivity index (χ1v) is 7.16. The number of hydrogen-bond acceptors (Lipinski definition) is 3. The van der Waals surface area contributed by atoms with Gasteiger partial charge in [0.05, 0.1) is 19.1 Å². The van der Waals surface area contributed by atoms with Crippen molar-refractivity contribution in [2.45, 2.75) is 26.6 Å². The first-order valence-electron chi connectivity index (χ1n) is 7.16. The molecule has 0 spiro atoms. The van der Waals surface area contributed by atoms with Gasteiger partial charge in [-0.05, 0) is 30.7 Å². The van der Waals surface area contributed by atoms with E-state index in [2.05, 4.69) is 10.1 Å². The van der Waals surface area contributed by atoms with Gasteiger partial charge in [0, 0.05) is 18.7 Å². The number of alkyl halides is 2. The van der Waals surface area contributed by atoms with Crippen molar-refractivity contribution in [3.63, 3.8) is 0 Å². The number of ether oxygens (including phenoxy) is 1. The van der Waals surface area contributed by atoms with Crippen LogP contribution in [0.3, 0.4) is 0 Å². The Labute approximate surface area is 132 Å². The minimum Gasteiger partial charge on any atom is -0.472 e. The van der Waals surface area contributed by atoms with Gasteiger partial charge in [0.15, 0.2) is 0 Å². The summed E-state index contributed by atoms with van der Waals surface area (Å²) in [6.07, 6.45) is 3.15. The summed E-state index contributed by atoms with van der Waals surface area (Å²) >= 11 is 0. The normalized spacial score (nSPS) is 10.6. The highest BCUT2D eigenvalue weighted by Crippen LogP contribution is 2.15. The Bertz CT molecular complexity index is 600. The van der Waals surface area contributed by atoms with Crippen LogP contribution in [0.2, 0.25) is 0 Å². The third kappa shape index (κ3) is 5.28. The van der Waals surface area contributed by atoms with Gasteiger partial charge in [0.25, 0.3) is 0 Å². The first kappa shape index (κ1) is 16.8. The zero-order valence-corrected chi connectivity index (χ0v) is 12.7. The van der Waals surface area contributed by atoms with Crippen LogP contribution in [0.15, 0.2) is 47.3 Å². The Morgan fingerprint density at radius 2 is 2.00 bits per heavy atom. The Kier molecular flexibility index (Phi) is 5.96. The van der Waals surface area contributed by atoms with E-state index in [0.717, 1.165) is 11.1 Å². The number of urea groups is 1. The maximum absolute atomic E-state index is 12.1. The average molecular weight is 324 g/mol. The summed E-state index contributed by atoms with van der Waals surface area (Å²) in [6, 6.07) is 7.74. The molecule has 5 nitrogen and oxygen atoms in total. The number of amides is 2. The smallest absolute Gasteiger partial charge is 0.387 e. The molecule has 0 atom stereocenters. The van der Waals surface area contributed by atoms with Gasteiger partial charge in [-0.15, -0.1) is 0 Å². The average Bonchev–Trinajstić information content (AvgIpc) is 3.04. The minimum atomic E-state index is -2.85. The molecule has 0 aliphatic heterocycles. The zero-order valence-electron chi connectivity index (χ0n) is 12.7. The Balaban J connectivity index is 1.85. The van der Waals surface area contributed by atoms with E-state index in [4.69, 9.17) is 4.42 Å². The lowest BCUT2D eigenvalue weighted by Gasteiger charge is -2.20. The number of halogens is 2. The molecule has 0 fully saturated rings. The molecule has 0 saturated carbocycles. The van der Waals surface area contributed by atoms with E-state index < -0.39 is 6.61 Å². The van der Waals surface area contributed by atoms with Crippen LogP contribution in [0.1, 0.15) is 18.1 Å².